The first-order valence-electron chi connectivity index (χ1n) is 7.90. The minimum atomic E-state index is -4.58. The van der Waals surface area contributed by atoms with E-state index in [-0.39, 0.29) is 28.5 Å². The molecule has 1 fully saturated rings. The lowest BCUT2D eigenvalue weighted by Gasteiger charge is -2.19. The Bertz CT molecular complexity index is 811. The molecule has 1 saturated carbocycles. The zero-order valence-corrected chi connectivity index (χ0v) is 15.9. The third-order valence-corrected chi connectivity index (χ3v) is 7.16. The van der Waals surface area contributed by atoms with Crippen molar-refractivity contribution < 1.29 is 41.0 Å². The van der Waals surface area contributed by atoms with Gasteiger partial charge in [0.05, 0.1) is 27.2 Å². The predicted octanol–water partition coefficient (Wildman–Crippen LogP) is 3.32. The standard InChI is InChI=1S/C16H18ClF3O6S/c1-8(16(18,19)20)26-9-3-4-14(12(17)5-9)27(23,24)10-6-11(15(21)22)13(7-10)25-2/h3-5,8,10-11,13H,6-7H2,1-2H3,(H,21,22)/t8?,10-,11-,13-/m1/s1. The molecule has 0 aliphatic heterocycles. The fraction of sp³-hybridized carbons (Fsp3) is 0.562. The molecular weight excluding hydrogens is 413 g/mol. The summed E-state index contributed by atoms with van der Waals surface area (Å²) in [5, 5.41) is 7.88. The van der Waals surface area contributed by atoms with Gasteiger partial charge in [0.15, 0.2) is 15.9 Å². The fourth-order valence-electron chi connectivity index (χ4n) is 2.96. The molecule has 0 heterocycles. The number of benzene rings is 1. The van der Waals surface area contributed by atoms with E-state index in [4.69, 9.17) is 21.1 Å². The zero-order valence-electron chi connectivity index (χ0n) is 14.4. The summed E-state index contributed by atoms with van der Waals surface area (Å²) in [6.45, 7) is 0.814. The summed E-state index contributed by atoms with van der Waals surface area (Å²) in [5.74, 6) is -2.35. The monoisotopic (exact) mass is 430 g/mol. The van der Waals surface area contributed by atoms with Crippen molar-refractivity contribution in [2.24, 2.45) is 5.92 Å². The van der Waals surface area contributed by atoms with Crippen LogP contribution in [0.5, 0.6) is 5.75 Å². The number of sulfone groups is 1. The quantitative estimate of drug-likeness (QED) is 0.744. The molecule has 1 unspecified atom stereocenters. The number of rotatable bonds is 6. The van der Waals surface area contributed by atoms with Crippen molar-refractivity contribution in [2.75, 3.05) is 7.11 Å². The van der Waals surface area contributed by atoms with Gasteiger partial charge in [0.2, 0.25) is 0 Å². The molecule has 152 valence electrons. The molecule has 0 saturated heterocycles. The molecule has 1 aliphatic rings. The first-order chi connectivity index (χ1) is 12.4. The molecule has 0 radical (unpaired) electrons. The number of hydrogen-bond donors (Lipinski definition) is 1. The normalized spacial score (nSPS) is 24.6. The van der Waals surface area contributed by atoms with Crippen LogP contribution in [0.3, 0.4) is 0 Å². The second-order valence-electron chi connectivity index (χ2n) is 6.25. The van der Waals surface area contributed by atoms with Crippen LogP contribution in [0, 0.1) is 5.92 Å². The van der Waals surface area contributed by atoms with E-state index in [9.17, 15) is 31.5 Å². The van der Waals surface area contributed by atoms with E-state index < -0.39 is 45.4 Å². The van der Waals surface area contributed by atoms with E-state index in [0.29, 0.717) is 0 Å². The molecule has 2 rings (SSSR count). The van der Waals surface area contributed by atoms with E-state index >= 15 is 0 Å². The van der Waals surface area contributed by atoms with Gasteiger partial charge < -0.3 is 14.6 Å². The third kappa shape index (κ3) is 4.67. The van der Waals surface area contributed by atoms with Crippen molar-refractivity contribution >= 4 is 27.4 Å². The highest BCUT2D eigenvalue weighted by molar-refractivity contribution is 7.92. The maximum atomic E-state index is 12.8. The lowest BCUT2D eigenvalue weighted by molar-refractivity contribution is -0.189. The fourth-order valence-corrected chi connectivity index (χ4v) is 5.31. The van der Waals surface area contributed by atoms with Crippen molar-refractivity contribution in [2.45, 2.75) is 48.3 Å². The Morgan fingerprint density at radius 3 is 2.41 bits per heavy atom. The molecule has 4 atom stereocenters. The molecule has 27 heavy (non-hydrogen) atoms. The average molecular weight is 431 g/mol. The Kier molecular flexibility index (Phi) is 6.33. The molecule has 0 bridgehead atoms. The number of halogens is 4. The Balaban J connectivity index is 2.26. The number of carboxylic acid groups (broad SMARTS) is 1. The van der Waals surface area contributed by atoms with E-state index in [0.717, 1.165) is 25.1 Å². The number of hydrogen-bond acceptors (Lipinski definition) is 5. The number of ether oxygens (including phenoxy) is 2. The van der Waals surface area contributed by atoms with Gasteiger partial charge in [-0.05, 0) is 31.9 Å². The topological polar surface area (TPSA) is 89.9 Å². The molecule has 0 spiro atoms. The molecule has 0 amide bonds. The van der Waals surface area contributed by atoms with Crippen LogP contribution in [0.4, 0.5) is 13.2 Å². The highest BCUT2D eigenvalue weighted by atomic mass is 35.5. The summed E-state index contributed by atoms with van der Waals surface area (Å²) in [6, 6.07) is 3.14. The van der Waals surface area contributed by atoms with Gasteiger partial charge >= 0.3 is 12.1 Å². The van der Waals surface area contributed by atoms with Crippen LogP contribution in [0.2, 0.25) is 5.02 Å². The molecule has 6 nitrogen and oxygen atoms in total. The molecule has 1 aromatic rings. The summed E-state index contributed by atoms with van der Waals surface area (Å²) in [6.07, 6.45) is -7.59. The molecule has 1 aliphatic carbocycles. The van der Waals surface area contributed by atoms with Gasteiger partial charge in [0.1, 0.15) is 5.75 Å². The zero-order chi connectivity index (χ0) is 20.6. The van der Waals surface area contributed by atoms with Gasteiger partial charge in [-0.2, -0.15) is 13.2 Å². The summed E-state index contributed by atoms with van der Waals surface area (Å²) in [4.78, 5) is 11.0. The van der Waals surface area contributed by atoms with Crippen molar-refractivity contribution in [3.05, 3.63) is 23.2 Å². The predicted molar refractivity (Wildman–Crippen MR) is 89.7 cm³/mol. The van der Waals surface area contributed by atoms with Crippen LogP contribution in [0.25, 0.3) is 0 Å². The Labute approximate surface area is 159 Å². The van der Waals surface area contributed by atoms with Crippen LogP contribution in [0.1, 0.15) is 19.8 Å². The second kappa shape index (κ2) is 7.84. The van der Waals surface area contributed by atoms with Crippen molar-refractivity contribution in [3.8, 4) is 5.75 Å². The first-order valence-corrected chi connectivity index (χ1v) is 9.82. The Hall–Kier alpha value is -1.52. The van der Waals surface area contributed by atoms with Crippen LogP contribution in [-0.4, -0.2) is 50.2 Å². The maximum Gasteiger partial charge on any atom is 0.425 e. The van der Waals surface area contributed by atoms with Crippen molar-refractivity contribution in [3.63, 3.8) is 0 Å². The minimum Gasteiger partial charge on any atom is -0.481 e. The number of carboxylic acids is 1. The molecule has 11 heteroatoms. The van der Waals surface area contributed by atoms with E-state index in [1.54, 1.807) is 0 Å². The van der Waals surface area contributed by atoms with Crippen LogP contribution < -0.4 is 4.74 Å². The van der Waals surface area contributed by atoms with Gasteiger partial charge in [-0.3, -0.25) is 4.79 Å². The number of methoxy groups -OCH3 is 1. The Morgan fingerprint density at radius 1 is 1.33 bits per heavy atom. The average Bonchev–Trinajstić information content (AvgIpc) is 2.99. The van der Waals surface area contributed by atoms with Crippen LogP contribution in [0.15, 0.2) is 23.1 Å². The summed E-state index contributed by atoms with van der Waals surface area (Å²) < 4.78 is 73.1. The lowest BCUT2D eigenvalue weighted by atomic mass is 10.1. The van der Waals surface area contributed by atoms with Gasteiger partial charge in [0, 0.05) is 13.2 Å². The maximum absolute atomic E-state index is 12.8. The lowest BCUT2D eigenvalue weighted by Crippen LogP contribution is -2.31. The highest BCUT2D eigenvalue weighted by Crippen LogP contribution is 2.38. The van der Waals surface area contributed by atoms with Crippen molar-refractivity contribution in [1.29, 1.82) is 0 Å². The number of carbonyl (C=O) groups is 1. The summed E-state index contributed by atoms with van der Waals surface area (Å²) >= 11 is 5.97. The van der Waals surface area contributed by atoms with Gasteiger partial charge in [-0.25, -0.2) is 8.42 Å². The van der Waals surface area contributed by atoms with Gasteiger partial charge in [-0.1, -0.05) is 11.6 Å². The third-order valence-electron chi connectivity index (χ3n) is 4.50. The van der Waals surface area contributed by atoms with Gasteiger partial charge in [-0.15, -0.1) is 0 Å². The largest absolute Gasteiger partial charge is 0.481 e. The molecular formula is C16H18ClF3O6S. The highest BCUT2D eigenvalue weighted by Gasteiger charge is 2.45. The van der Waals surface area contributed by atoms with E-state index in [1.165, 1.54) is 7.11 Å². The van der Waals surface area contributed by atoms with Crippen molar-refractivity contribution in [1.82, 2.24) is 0 Å². The summed E-state index contributed by atoms with van der Waals surface area (Å²) in [7, 11) is -2.70. The Morgan fingerprint density at radius 2 is 1.96 bits per heavy atom. The van der Waals surface area contributed by atoms with Gasteiger partial charge in [0.25, 0.3) is 0 Å². The van der Waals surface area contributed by atoms with Crippen LogP contribution >= 0.6 is 11.6 Å². The van der Waals surface area contributed by atoms with E-state index in [1.807, 2.05) is 0 Å². The smallest absolute Gasteiger partial charge is 0.425 e. The molecule has 1 N–H and O–H groups in total. The second-order valence-corrected chi connectivity index (χ2v) is 8.85. The number of aliphatic carboxylic acids is 1. The minimum absolute atomic E-state index is 0.0184. The molecule has 0 aromatic heterocycles. The summed E-state index contributed by atoms with van der Waals surface area (Å²) in [5.41, 5.74) is 0. The SMILES string of the molecule is CO[C@@H]1C[C@H](S(=O)(=O)c2ccc(OC(C)C(F)(F)F)cc2Cl)C[C@H]1C(=O)O. The van der Waals surface area contributed by atoms with Crippen LogP contribution in [-0.2, 0) is 19.4 Å². The first kappa shape index (κ1) is 21.8. The van der Waals surface area contributed by atoms with E-state index in [2.05, 4.69) is 0 Å². The molecule has 1 aromatic carbocycles. The number of alkyl halides is 3.